The summed E-state index contributed by atoms with van der Waals surface area (Å²) in [6.45, 7) is 4.72. The second-order valence-electron chi connectivity index (χ2n) is 2.33. The first kappa shape index (κ1) is 10.2. The van der Waals surface area contributed by atoms with Gasteiger partial charge in [0.1, 0.15) is 0 Å². The summed E-state index contributed by atoms with van der Waals surface area (Å²) in [5.74, 6) is 0. The van der Waals surface area contributed by atoms with Gasteiger partial charge in [0.15, 0.2) is 0 Å². The van der Waals surface area contributed by atoms with Crippen LogP contribution in [-0.2, 0) is 11.3 Å². The van der Waals surface area contributed by atoms with E-state index in [4.69, 9.17) is 4.74 Å². The molecule has 0 amide bonds. The van der Waals surface area contributed by atoms with Crippen LogP contribution in [0, 0.1) is 6.92 Å². The molecule has 0 bridgehead atoms. The number of hydrogen-bond donors (Lipinski definition) is 0. The molecule has 0 N–H and O–H groups in total. The van der Waals surface area contributed by atoms with Gasteiger partial charge < -0.3 is 4.74 Å². The van der Waals surface area contributed by atoms with Gasteiger partial charge in [-0.05, 0) is 30.7 Å². The van der Waals surface area contributed by atoms with Crippen molar-refractivity contribution in [1.29, 1.82) is 0 Å². The number of rotatable bonds is 3. The molecule has 0 atom stereocenters. The zero-order chi connectivity index (χ0) is 8.97. The number of halogens is 2. The Bertz CT molecular complexity index is 240. The lowest BCUT2D eigenvalue weighted by Gasteiger charge is -2.02. The zero-order valence-electron chi connectivity index (χ0n) is 6.52. The Balaban J connectivity index is 2.72. The molecule has 0 aliphatic rings. The Morgan fingerprint density at radius 3 is 2.25 bits per heavy atom. The predicted octanol–water partition coefficient (Wildman–Crippen LogP) is 3.56. The molecule has 3 heteroatoms. The van der Waals surface area contributed by atoms with E-state index >= 15 is 0 Å². The fourth-order valence-electron chi connectivity index (χ4n) is 0.884. The summed E-state index contributed by atoms with van der Waals surface area (Å²) in [6, 6.07) is 6.05. The Morgan fingerprint density at radius 2 is 1.75 bits per heavy atom. The molecule has 0 fully saturated rings. The molecule has 0 saturated heterocycles. The molecule has 1 radical (unpaired) electrons. The minimum absolute atomic E-state index is 0.504. The maximum atomic E-state index is 5.18. The van der Waals surface area contributed by atoms with Gasteiger partial charge >= 0.3 is 0 Å². The Labute approximate surface area is 89.4 Å². The molecular formula is C9H9Br2O. The van der Waals surface area contributed by atoms with E-state index in [9.17, 15) is 0 Å². The summed E-state index contributed by atoms with van der Waals surface area (Å²) in [7, 11) is 0. The molecule has 0 aromatic heterocycles. The lowest BCUT2D eigenvalue weighted by molar-refractivity contribution is 0.147. The molecule has 0 unspecified atom stereocenters. The van der Waals surface area contributed by atoms with Gasteiger partial charge in [0.2, 0.25) is 0 Å². The van der Waals surface area contributed by atoms with Crippen LogP contribution in [0.4, 0.5) is 0 Å². The van der Waals surface area contributed by atoms with Gasteiger partial charge in [-0.3, -0.25) is 0 Å². The minimum Gasteiger partial charge on any atom is -0.377 e. The summed E-state index contributed by atoms with van der Waals surface area (Å²) >= 11 is 6.81. The van der Waals surface area contributed by atoms with Gasteiger partial charge in [0, 0.05) is 15.6 Å². The number of ether oxygens (including phenoxy) is 1. The van der Waals surface area contributed by atoms with Gasteiger partial charge in [-0.2, -0.15) is 0 Å². The molecule has 1 aromatic rings. The predicted molar refractivity (Wildman–Crippen MR) is 56.9 cm³/mol. The molecule has 1 aromatic carbocycles. The van der Waals surface area contributed by atoms with Crippen molar-refractivity contribution in [2.45, 2.75) is 6.61 Å². The molecule has 0 aliphatic carbocycles. The van der Waals surface area contributed by atoms with Crippen LogP contribution in [0.1, 0.15) is 5.56 Å². The third-order valence-electron chi connectivity index (χ3n) is 1.34. The van der Waals surface area contributed by atoms with Crippen molar-refractivity contribution < 1.29 is 4.74 Å². The third kappa shape index (κ3) is 3.25. The lowest BCUT2D eigenvalue weighted by atomic mass is 10.2. The van der Waals surface area contributed by atoms with Crippen LogP contribution in [0.3, 0.4) is 0 Å². The Hall–Kier alpha value is 0.140. The molecule has 1 nitrogen and oxygen atoms in total. The highest BCUT2D eigenvalue weighted by molar-refractivity contribution is 9.11. The molecule has 1 rings (SSSR count). The summed E-state index contributed by atoms with van der Waals surface area (Å²) < 4.78 is 7.29. The number of benzene rings is 1. The standard InChI is InChI=1S/C9H9Br2O/c1-2-12-6-7-3-8(10)5-9(11)4-7/h3-5H,1-2,6H2. The SMILES string of the molecule is [CH2]COCc1cc(Br)cc(Br)c1. The van der Waals surface area contributed by atoms with Gasteiger partial charge in [0.05, 0.1) is 6.61 Å². The average Bonchev–Trinajstić information content (AvgIpc) is 1.99. The quantitative estimate of drug-likeness (QED) is 0.828. The van der Waals surface area contributed by atoms with Crippen LogP contribution in [0.15, 0.2) is 27.1 Å². The average molecular weight is 293 g/mol. The summed E-state index contributed by atoms with van der Waals surface area (Å²) in [5, 5.41) is 0. The van der Waals surface area contributed by atoms with E-state index in [2.05, 4.69) is 38.8 Å². The Morgan fingerprint density at radius 1 is 1.17 bits per heavy atom. The molecule has 0 aliphatic heterocycles. The molecule has 0 saturated carbocycles. The van der Waals surface area contributed by atoms with Crippen molar-refractivity contribution in [3.05, 3.63) is 39.6 Å². The van der Waals surface area contributed by atoms with Crippen LogP contribution >= 0.6 is 31.9 Å². The van der Waals surface area contributed by atoms with Crippen molar-refractivity contribution in [2.75, 3.05) is 6.61 Å². The van der Waals surface area contributed by atoms with E-state index in [1.165, 1.54) is 0 Å². The van der Waals surface area contributed by atoms with Gasteiger partial charge in [-0.1, -0.05) is 31.9 Å². The van der Waals surface area contributed by atoms with E-state index in [-0.39, 0.29) is 0 Å². The van der Waals surface area contributed by atoms with Gasteiger partial charge in [0.25, 0.3) is 0 Å². The molecular weight excluding hydrogens is 284 g/mol. The molecule has 65 valence electrons. The highest BCUT2D eigenvalue weighted by atomic mass is 79.9. The second kappa shape index (κ2) is 5.00. The van der Waals surface area contributed by atoms with Crippen molar-refractivity contribution in [2.24, 2.45) is 0 Å². The normalized spacial score (nSPS) is 10.2. The summed E-state index contributed by atoms with van der Waals surface area (Å²) in [4.78, 5) is 0. The van der Waals surface area contributed by atoms with Gasteiger partial charge in [-0.25, -0.2) is 0 Å². The first-order valence-electron chi connectivity index (χ1n) is 3.54. The third-order valence-corrected chi connectivity index (χ3v) is 2.25. The van der Waals surface area contributed by atoms with Crippen molar-refractivity contribution in [1.82, 2.24) is 0 Å². The van der Waals surface area contributed by atoms with Crippen molar-refractivity contribution >= 4 is 31.9 Å². The van der Waals surface area contributed by atoms with Crippen LogP contribution in [0.25, 0.3) is 0 Å². The van der Waals surface area contributed by atoms with Crippen LogP contribution in [0.2, 0.25) is 0 Å². The van der Waals surface area contributed by atoms with Gasteiger partial charge in [-0.15, -0.1) is 0 Å². The van der Waals surface area contributed by atoms with Crippen LogP contribution < -0.4 is 0 Å². The van der Waals surface area contributed by atoms with E-state index in [0.29, 0.717) is 13.2 Å². The van der Waals surface area contributed by atoms with Crippen LogP contribution in [0.5, 0.6) is 0 Å². The fourth-order valence-corrected chi connectivity index (χ4v) is 2.27. The Kier molecular flexibility index (Phi) is 4.26. The van der Waals surface area contributed by atoms with E-state index in [1.807, 2.05) is 18.2 Å². The summed E-state index contributed by atoms with van der Waals surface area (Å²) in [6.07, 6.45) is 0. The smallest absolute Gasteiger partial charge is 0.0717 e. The maximum Gasteiger partial charge on any atom is 0.0717 e. The van der Waals surface area contributed by atoms with E-state index in [1.54, 1.807) is 0 Å². The highest BCUT2D eigenvalue weighted by Gasteiger charge is 1.96. The van der Waals surface area contributed by atoms with E-state index < -0.39 is 0 Å². The molecule has 0 spiro atoms. The van der Waals surface area contributed by atoms with Crippen molar-refractivity contribution in [3.8, 4) is 0 Å². The van der Waals surface area contributed by atoms with E-state index in [0.717, 1.165) is 14.5 Å². The highest BCUT2D eigenvalue weighted by Crippen LogP contribution is 2.20. The monoisotopic (exact) mass is 291 g/mol. The minimum atomic E-state index is 0.504. The zero-order valence-corrected chi connectivity index (χ0v) is 9.69. The number of hydrogen-bond acceptors (Lipinski definition) is 1. The first-order valence-corrected chi connectivity index (χ1v) is 5.13. The molecule has 12 heavy (non-hydrogen) atoms. The first-order chi connectivity index (χ1) is 5.72. The fraction of sp³-hybridized carbons (Fsp3) is 0.222. The lowest BCUT2D eigenvalue weighted by Crippen LogP contribution is -1.91. The molecule has 0 heterocycles. The van der Waals surface area contributed by atoms with Crippen LogP contribution in [-0.4, -0.2) is 6.61 Å². The second-order valence-corrected chi connectivity index (χ2v) is 4.16. The van der Waals surface area contributed by atoms with Crippen molar-refractivity contribution in [3.63, 3.8) is 0 Å². The topological polar surface area (TPSA) is 9.23 Å². The maximum absolute atomic E-state index is 5.18. The summed E-state index contributed by atoms with van der Waals surface area (Å²) in [5.41, 5.74) is 1.14. The largest absolute Gasteiger partial charge is 0.377 e.